The minimum Gasteiger partial charge on any atom is -0.108 e. The van der Waals surface area contributed by atoms with Gasteiger partial charge in [-0.25, -0.2) is 0 Å². The van der Waals surface area contributed by atoms with Crippen molar-refractivity contribution in [3.05, 3.63) is 0 Å². The highest BCUT2D eigenvalue weighted by Gasteiger charge is 2.46. The molecule has 0 aromatic rings. The van der Waals surface area contributed by atoms with E-state index in [4.69, 9.17) is 0 Å². The van der Waals surface area contributed by atoms with E-state index in [0.717, 1.165) is 28.1 Å². The molecule has 21 heavy (non-hydrogen) atoms. The highest BCUT2D eigenvalue weighted by atomic mass is 31.1. The molecule has 120 valence electrons. The summed E-state index contributed by atoms with van der Waals surface area (Å²) >= 11 is 0. The van der Waals surface area contributed by atoms with Crippen molar-refractivity contribution in [1.82, 2.24) is 0 Å². The molecule has 5 aliphatic rings. The Balaban J connectivity index is 1.58. The first-order valence-corrected chi connectivity index (χ1v) is 12.0. The summed E-state index contributed by atoms with van der Waals surface area (Å²) in [5.41, 5.74) is 2.29. The summed E-state index contributed by atoms with van der Waals surface area (Å²) < 4.78 is 0. The van der Waals surface area contributed by atoms with Crippen LogP contribution in [0.5, 0.6) is 0 Å². The van der Waals surface area contributed by atoms with E-state index in [1.165, 1.54) is 17.2 Å². The summed E-state index contributed by atoms with van der Waals surface area (Å²) in [5.74, 6) is 2.26. The van der Waals surface area contributed by atoms with Crippen LogP contribution in [0.4, 0.5) is 0 Å². The van der Waals surface area contributed by atoms with E-state index in [-0.39, 0.29) is 0 Å². The van der Waals surface area contributed by atoms with E-state index in [1.807, 2.05) is 0 Å². The van der Waals surface area contributed by atoms with Crippen molar-refractivity contribution in [2.75, 3.05) is 0 Å². The Labute approximate surface area is 135 Å². The van der Waals surface area contributed by atoms with Gasteiger partial charge < -0.3 is 0 Å². The standard InChI is InChI=1S/C19H34P2/c1-3-7-17-11-9-15(5-1)13-14-19(20-17)16-6-2-4-8-18(21-19)12-10-16/h15-18,20-21H,1-14H2. The number of rotatable bonds is 0. The van der Waals surface area contributed by atoms with Gasteiger partial charge in [0.1, 0.15) is 0 Å². The van der Waals surface area contributed by atoms with Gasteiger partial charge in [0.05, 0.1) is 0 Å². The van der Waals surface area contributed by atoms with E-state index in [2.05, 4.69) is 0 Å². The van der Waals surface area contributed by atoms with Crippen LogP contribution in [0.3, 0.4) is 0 Å². The topological polar surface area (TPSA) is 0 Å². The largest absolute Gasteiger partial charge is 0.108 e. The molecule has 0 aromatic heterocycles. The molecular formula is C19H34P2. The third-order valence-corrected chi connectivity index (χ3v) is 12.3. The molecule has 2 heteroatoms. The van der Waals surface area contributed by atoms with Gasteiger partial charge in [-0.05, 0) is 80.9 Å². The van der Waals surface area contributed by atoms with Crippen molar-refractivity contribution in [1.29, 1.82) is 0 Å². The molecule has 0 aromatic carbocycles. The Morgan fingerprint density at radius 3 is 2.05 bits per heavy atom. The smallest absolute Gasteiger partial charge is 0.00830 e. The molecule has 0 N–H and O–H groups in total. The Hall–Kier alpha value is 0.860. The predicted octanol–water partition coefficient (Wildman–Crippen LogP) is 6.53. The average Bonchev–Trinajstić information content (AvgIpc) is 2.42. The van der Waals surface area contributed by atoms with Crippen LogP contribution in [-0.4, -0.2) is 16.2 Å². The maximum Gasteiger partial charge on any atom is 0.00830 e. The molecule has 1 spiro atoms. The number of hydrogen-bond acceptors (Lipinski definition) is 0. The molecule has 7 atom stereocenters. The summed E-state index contributed by atoms with van der Waals surface area (Å²) in [4.78, 5) is 0.865. The van der Waals surface area contributed by atoms with Gasteiger partial charge in [0.2, 0.25) is 0 Å². The maximum absolute atomic E-state index is 1.65. The van der Waals surface area contributed by atoms with Gasteiger partial charge in [-0.1, -0.05) is 32.1 Å². The molecular weight excluding hydrogens is 290 g/mol. The van der Waals surface area contributed by atoms with Gasteiger partial charge in [0, 0.05) is 4.90 Å². The number of hydrogen-bond donors (Lipinski definition) is 0. The normalized spacial score (nSPS) is 50.3. The lowest BCUT2D eigenvalue weighted by Crippen LogP contribution is -2.39. The van der Waals surface area contributed by atoms with E-state index in [9.17, 15) is 0 Å². The first kappa shape index (κ1) is 15.4. The van der Waals surface area contributed by atoms with Crippen LogP contribution in [-0.2, 0) is 0 Å². The first-order chi connectivity index (χ1) is 10.3. The zero-order valence-corrected chi connectivity index (χ0v) is 15.7. The monoisotopic (exact) mass is 324 g/mol. The van der Waals surface area contributed by atoms with E-state index >= 15 is 0 Å². The zero-order valence-electron chi connectivity index (χ0n) is 13.7. The second-order valence-electron chi connectivity index (χ2n) is 8.48. The molecule has 2 aliphatic carbocycles. The van der Waals surface area contributed by atoms with Gasteiger partial charge in [-0.15, -0.1) is 17.2 Å². The summed E-state index contributed by atoms with van der Waals surface area (Å²) in [6, 6.07) is 0. The van der Waals surface area contributed by atoms with Gasteiger partial charge in [0.25, 0.3) is 0 Å². The van der Waals surface area contributed by atoms with Gasteiger partial charge in [-0.3, -0.25) is 0 Å². The Kier molecular flexibility index (Phi) is 4.96. The molecule has 2 saturated carbocycles. The highest BCUT2D eigenvalue weighted by Crippen LogP contribution is 2.67. The maximum atomic E-state index is 1.65. The van der Waals surface area contributed by atoms with Crippen LogP contribution in [0.1, 0.15) is 89.9 Å². The highest BCUT2D eigenvalue weighted by molar-refractivity contribution is 7.60. The van der Waals surface area contributed by atoms with Crippen molar-refractivity contribution in [2.45, 2.75) is 106 Å². The minimum absolute atomic E-state index is 0.865. The van der Waals surface area contributed by atoms with E-state index < -0.39 is 0 Å². The molecule has 5 fully saturated rings. The average molecular weight is 324 g/mol. The lowest BCUT2D eigenvalue weighted by atomic mass is 9.82. The van der Waals surface area contributed by atoms with Crippen molar-refractivity contribution in [3.63, 3.8) is 0 Å². The molecule has 0 amide bonds. The first-order valence-electron chi connectivity index (χ1n) is 9.89. The quantitative estimate of drug-likeness (QED) is 0.445. The van der Waals surface area contributed by atoms with Crippen molar-refractivity contribution >= 4 is 17.2 Å². The molecule has 3 saturated heterocycles. The van der Waals surface area contributed by atoms with Gasteiger partial charge >= 0.3 is 0 Å². The molecule has 3 aliphatic heterocycles. The fraction of sp³-hybridized carbons (Fsp3) is 1.00. The molecule has 7 unspecified atom stereocenters. The fourth-order valence-electron chi connectivity index (χ4n) is 5.88. The third kappa shape index (κ3) is 3.38. The SMILES string of the molecule is C1CCC2CCC(C1)CCC1(P2)PC2CCCCC1CC2. The lowest BCUT2D eigenvalue weighted by Gasteiger charge is -2.52. The van der Waals surface area contributed by atoms with Crippen molar-refractivity contribution < 1.29 is 0 Å². The molecule has 3 heterocycles. The van der Waals surface area contributed by atoms with Gasteiger partial charge in [0.15, 0.2) is 0 Å². The van der Waals surface area contributed by atoms with Crippen molar-refractivity contribution in [3.8, 4) is 0 Å². The van der Waals surface area contributed by atoms with Gasteiger partial charge in [-0.2, -0.15) is 0 Å². The third-order valence-electron chi connectivity index (χ3n) is 7.12. The zero-order chi connectivity index (χ0) is 14.1. The van der Waals surface area contributed by atoms with Crippen LogP contribution in [0, 0.1) is 11.8 Å². The summed E-state index contributed by atoms with van der Waals surface area (Å²) in [6.07, 6.45) is 22.2. The summed E-state index contributed by atoms with van der Waals surface area (Å²) in [7, 11) is 2.71. The lowest BCUT2D eigenvalue weighted by molar-refractivity contribution is 0.279. The summed E-state index contributed by atoms with van der Waals surface area (Å²) in [5, 5.41) is 0. The predicted molar refractivity (Wildman–Crippen MR) is 98.6 cm³/mol. The summed E-state index contributed by atoms with van der Waals surface area (Å²) in [6.45, 7) is 0. The number of fused-ring (bicyclic) bond motifs is 7. The molecule has 4 bridgehead atoms. The van der Waals surface area contributed by atoms with Crippen LogP contribution in [0.2, 0.25) is 0 Å². The van der Waals surface area contributed by atoms with Crippen LogP contribution < -0.4 is 0 Å². The van der Waals surface area contributed by atoms with Crippen LogP contribution in [0.25, 0.3) is 0 Å². The fourth-order valence-corrected chi connectivity index (χ4v) is 11.8. The van der Waals surface area contributed by atoms with Crippen LogP contribution in [0.15, 0.2) is 0 Å². The Morgan fingerprint density at radius 1 is 0.571 bits per heavy atom. The van der Waals surface area contributed by atoms with Crippen molar-refractivity contribution in [2.24, 2.45) is 11.8 Å². The second-order valence-corrected chi connectivity index (χ2v) is 13.0. The Bertz CT molecular complexity index is 351. The minimum atomic E-state index is 0.865. The molecule has 0 radical (unpaired) electrons. The van der Waals surface area contributed by atoms with E-state index in [1.54, 1.807) is 89.9 Å². The van der Waals surface area contributed by atoms with E-state index in [0.29, 0.717) is 0 Å². The molecule has 5 rings (SSSR count). The Morgan fingerprint density at radius 2 is 1.24 bits per heavy atom. The van der Waals surface area contributed by atoms with Crippen LogP contribution >= 0.6 is 17.2 Å². The second kappa shape index (κ2) is 6.77. The molecule has 0 nitrogen and oxygen atoms in total.